The molecule has 0 heterocycles. The molecule has 1 nitrogen and oxygen atoms in total. The van der Waals surface area contributed by atoms with E-state index in [0.717, 1.165) is 18.4 Å². The van der Waals surface area contributed by atoms with Crippen LogP contribution in [0.3, 0.4) is 0 Å². The van der Waals surface area contributed by atoms with E-state index in [4.69, 9.17) is 4.74 Å². The highest BCUT2D eigenvalue weighted by Gasteiger charge is 2.26. The van der Waals surface area contributed by atoms with E-state index in [1.807, 2.05) is 0 Å². The minimum absolute atomic E-state index is 0.595. The van der Waals surface area contributed by atoms with E-state index in [0.29, 0.717) is 6.10 Å². The normalized spacial score (nSPS) is 34.1. The molecule has 82 valence electrons. The molecule has 0 amide bonds. The van der Waals surface area contributed by atoms with E-state index in [-0.39, 0.29) is 0 Å². The van der Waals surface area contributed by atoms with E-state index in [1.54, 1.807) is 0 Å². The molecule has 0 spiro atoms. The van der Waals surface area contributed by atoms with Crippen molar-refractivity contribution in [3.63, 3.8) is 0 Å². The van der Waals surface area contributed by atoms with Gasteiger partial charge < -0.3 is 4.74 Å². The number of hydrogen-bond acceptors (Lipinski definition) is 1. The first-order valence-electron chi connectivity index (χ1n) is 6.50. The number of ether oxygens (including phenoxy) is 1. The molecule has 0 atom stereocenters. The van der Waals surface area contributed by atoms with Crippen LogP contribution in [0, 0.1) is 11.8 Å². The zero-order chi connectivity index (χ0) is 9.80. The Morgan fingerprint density at radius 2 is 1.57 bits per heavy atom. The summed E-state index contributed by atoms with van der Waals surface area (Å²) >= 11 is 0. The predicted octanol–water partition coefficient (Wildman–Crippen LogP) is 3.77. The van der Waals surface area contributed by atoms with Gasteiger partial charge in [0.15, 0.2) is 0 Å². The summed E-state index contributed by atoms with van der Waals surface area (Å²) in [5.74, 6) is 2.14. The summed E-state index contributed by atoms with van der Waals surface area (Å²) in [5, 5.41) is 0. The first kappa shape index (κ1) is 10.5. The highest BCUT2D eigenvalue weighted by atomic mass is 16.5. The molecule has 14 heavy (non-hydrogen) atoms. The third kappa shape index (κ3) is 2.73. The topological polar surface area (TPSA) is 9.23 Å². The number of rotatable bonds is 4. The van der Waals surface area contributed by atoms with Gasteiger partial charge in [0.2, 0.25) is 0 Å². The maximum absolute atomic E-state index is 5.68. The first-order chi connectivity index (χ1) is 6.88. The minimum Gasteiger partial charge on any atom is -0.379 e. The van der Waals surface area contributed by atoms with Crippen molar-refractivity contribution in [2.24, 2.45) is 11.8 Å². The third-order valence-electron chi connectivity index (χ3n) is 4.09. The van der Waals surface area contributed by atoms with Crippen LogP contribution in [0.4, 0.5) is 0 Å². The van der Waals surface area contributed by atoms with Crippen LogP contribution in [0.5, 0.6) is 0 Å². The Balaban J connectivity index is 1.62. The SMILES string of the molecule is CCOC1CCC(CC2CCC2)CC1. The summed E-state index contributed by atoms with van der Waals surface area (Å²) < 4.78 is 5.68. The van der Waals surface area contributed by atoms with E-state index < -0.39 is 0 Å². The fourth-order valence-electron chi connectivity index (χ4n) is 2.97. The van der Waals surface area contributed by atoms with Crippen LogP contribution in [0.15, 0.2) is 0 Å². The van der Waals surface area contributed by atoms with Crippen LogP contribution < -0.4 is 0 Å². The molecule has 0 N–H and O–H groups in total. The lowest BCUT2D eigenvalue weighted by Crippen LogP contribution is -2.24. The van der Waals surface area contributed by atoms with Gasteiger partial charge in [-0.25, -0.2) is 0 Å². The Hall–Kier alpha value is -0.0400. The molecule has 2 aliphatic rings. The van der Waals surface area contributed by atoms with Gasteiger partial charge in [-0.2, -0.15) is 0 Å². The molecule has 0 unspecified atom stereocenters. The second kappa shape index (κ2) is 5.16. The molecule has 1 heteroatoms. The van der Waals surface area contributed by atoms with Crippen LogP contribution in [0.1, 0.15) is 58.3 Å². The molecule has 0 bridgehead atoms. The maximum Gasteiger partial charge on any atom is 0.0575 e. The Morgan fingerprint density at radius 1 is 0.929 bits per heavy atom. The molecule has 0 aliphatic heterocycles. The molecule has 0 aromatic heterocycles. The Labute approximate surface area is 88.2 Å². The second-order valence-electron chi connectivity index (χ2n) is 5.13. The molecule has 0 aromatic rings. The molecule has 2 aliphatic carbocycles. The summed E-state index contributed by atoms with van der Waals surface area (Å²) in [6, 6.07) is 0. The van der Waals surface area contributed by atoms with Gasteiger partial charge in [0.1, 0.15) is 0 Å². The van der Waals surface area contributed by atoms with Crippen molar-refractivity contribution >= 4 is 0 Å². The molecular weight excluding hydrogens is 172 g/mol. The summed E-state index contributed by atoms with van der Waals surface area (Å²) in [7, 11) is 0. The molecule has 0 aromatic carbocycles. The second-order valence-corrected chi connectivity index (χ2v) is 5.13. The average molecular weight is 196 g/mol. The molecule has 2 saturated carbocycles. The Bertz CT molecular complexity index is 155. The van der Waals surface area contributed by atoms with Crippen LogP contribution in [0.25, 0.3) is 0 Å². The standard InChI is InChI=1S/C13H24O/c1-2-14-13-8-6-12(7-9-13)10-11-4-3-5-11/h11-13H,2-10H2,1H3. The van der Waals surface area contributed by atoms with Crippen molar-refractivity contribution < 1.29 is 4.74 Å². The van der Waals surface area contributed by atoms with Gasteiger partial charge in [-0.05, 0) is 50.9 Å². The summed E-state index contributed by atoms with van der Waals surface area (Å²) in [6.45, 7) is 3.01. The lowest BCUT2D eigenvalue weighted by molar-refractivity contribution is 0.0211. The Morgan fingerprint density at radius 3 is 2.07 bits per heavy atom. The summed E-state index contributed by atoms with van der Waals surface area (Å²) in [5.41, 5.74) is 0. The largest absolute Gasteiger partial charge is 0.379 e. The quantitative estimate of drug-likeness (QED) is 0.665. The van der Waals surface area contributed by atoms with Gasteiger partial charge in [-0.3, -0.25) is 0 Å². The zero-order valence-corrected chi connectivity index (χ0v) is 9.50. The Kier molecular flexibility index (Phi) is 3.86. The van der Waals surface area contributed by atoms with Gasteiger partial charge in [0.05, 0.1) is 6.10 Å². The van der Waals surface area contributed by atoms with Crippen molar-refractivity contribution in [3.8, 4) is 0 Å². The maximum atomic E-state index is 5.68. The highest BCUT2D eigenvalue weighted by Crippen LogP contribution is 2.37. The molecule has 0 radical (unpaired) electrons. The molecular formula is C13H24O. The summed E-state index contributed by atoms with van der Waals surface area (Å²) in [4.78, 5) is 0. The monoisotopic (exact) mass is 196 g/mol. The van der Waals surface area contributed by atoms with E-state index in [2.05, 4.69) is 6.92 Å². The van der Waals surface area contributed by atoms with Crippen LogP contribution in [-0.2, 0) is 4.74 Å². The molecule has 2 fully saturated rings. The highest BCUT2D eigenvalue weighted by molar-refractivity contribution is 4.78. The summed E-state index contributed by atoms with van der Waals surface area (Å²) in [6.07, 6.45) is 12.2. The lowest BCUT2D eigenvalue weighted by Gasteiger charge is -2.33. The van der Waals surface area contributed by atoms with Crippen molar-refractivity contribution in [1.29, 1.82) is 0 Å². The van der Waals surface area contributed by atoms with E-state index in [9.17, 15) is 0 Å². The van der Waals surface area contributed by atoms with Crippen molar-refractivity contribution in [1.82, 2.24) is 0 Å². The van der Waals surface area contributed by atoms with Gasteiger partial charge in [-0.1, -0.05) is 19.3 Å². The van der Waals surface area contributed by atoms with Gasteiger partial charge in [0.25, 0.3) is 0 Å². The fourth-order valence-corrected chi connectivity index (χ4v) is 2.97. The smallest absolute Gasteiger partial charge is 0.0575 e. The zero-order valence-electron chi connectivity index (χ0n) is 9.50. The van der Waals surface area contributed by atoms with Crippen molar-refractivity contribution in [3.05, 3.63) is 0 Å². The van der Waals surface area contributed by atoms with Gasteiger partial charge in [0, 0.05) is 6.61 Å². The van der Waals surface area contributed by atoms with Crippen molar-refractivity contribution in [2.75, 3.05) is 6.61 Å². The van der Waals surface area contributed by atoms with Crippen LogP contribution in [-0.4, -0.2) is 12.7 Å². The lowest BCUT2D eigenvalue weighted by atomic mass is 9.74. The van der Waals surface area contributed by atoms with E-state index >= 15 is 0 Å². The third-order valence-corrected chi connectivity index (χ3v) is 4.09. The van der Waals surface area contributed by atoms with Crippen LogP contribution in [0.2, 0.25) is 0 Å². The van der Waals surface area contributed by atoms with Crippen molar-refractivity contribution in [2.45, 2.75) is 64.4 Å². The fraction of sp³-hybridized carbons (Fsp3) is 1.00. The number of hydrogen-bond donors (Lipinski definition) is 0. The van der Waals surface area contributed by atoms with E-state index in [1.165, 1.54) is 51.4 Å². The predicted molar refractivity (Wildman–Crippen MR) is 59.3 cm³/mol. The van der Waals surface area contributed by atoms with Gasteiger partial charge in [-0.15, -0.1) is 0 Å². The van der Waals surface area contributed by atoms with Gasteiger partial charge >= 0.3 is 0 Å². The minimum atomic E-state index is 0.595. The molecule has 2 rings (SSSR count). The van der Waals surface area contributed by atoms with Crippen LogP contribution >= 0.6 is 0 Å². The average Bonchev–Trinajstić information content (AvgIpc) is 2.14. The molecule has 0 saturated heterocycles. The first-order valence-corrected chi connectivity index (χ1v) is 6.50.